The van der Waals surface area contributed by atoms with Gasteiger partial charge in [-0.2, -0.15) is 0 Å². The molecule has 24 rings (SSSR count). The third-order valence-electron chi connectivity index (χ3n) is 23.0. The van der Waals surface area contributed by atoms with Crippen LogP contribution in [-0.4, -0.2) is 31.8 Å². The molecule has 0 atom stereocenters. The first-order valence-corrected chi connectivity index (χ1v) is 34.9. The molecule has 0 unspecified atom stereocenters. The van der Waals surface area contributed by atoms with Gasteiger partial charge >= 0.3 is 13.7 Å². The summed E-state index contributed by atoms with van der Waals surface area (Å²) in [4.78, 5) is 5.24. The van der Waals surface area contributed by atoms with Crippen LogP contribution >= 0.6 is 0 Å². The Balaban J connectivity index is 0.762. The van der Waals surface area contributed by atoms with E-state index in [1.54, 1.807) is 0 Å². The molecule has 0 radical (unpaired) electrons. The Hall–Kier alpha value is -13.0. The minimum atomic E-state index is -0.137. The maximum absolute atomic E-state index is 2.72. The predicted molar refractivity (Wildman–Crippen MR) is 423 cm³/mol. The fourth-order valence-electron chi connectivity index (χ4n) is 19.0. The molecular formula is C92H54B2N6. The van der Waals surface area contributed by atoms with Crippen molar-refractivity contribution in [1.82, 2.24) is 18.1 Å². The lowest BCUT2D eigenvalue weighted by Gasteiger charge is -2.41. The van der Waals surface area contributed by atoms with Gasteiger partial charge in [-0.15, -0.1) is 0 Å². The summed E-state index contributed by atoms with van der Waals surface area (Å²) in [7, 11) is 0. The molecule has 4 aromatic heterocycles. The molecule has 100 heavy (non-hydrogen) atoms. The second-order valence-electron chi connectivity index (χ2n) is 27.8. The first-order valence-electron chi connectivity index (χ1n) is 34.9. The second kappa shape index (κ2) is 19.4. The topological polar surface area (TPSA) is 26.2 Å². The van der Waals surface area contributed by atoms with Crippen molar-refractivity contribution in [2.75, 3.05) is 9.80 Å². The number of nitrogens with zero attached hydrogens (tertiary/aromatic N) is 6. The highest BCUT2D eigenvalue weighted by Gasteiger charge is 2.47. The normalized spacial score (nSPS) is 13.3. The van der Waals surface area contributed by atoms with Crippen molar-refractivity contribution in [3.8, 4) is 44.8 Å². The van der Waals surface area contributed by atoms with Gasteiger partial charge in [0, 0.05) is 128 Å². The first-order chi connectivity index (χ1) is 49.6. The van der Waals surface area contributed by atoms with Crippen LogP contribution in [-0.2, 0) is 0 Å². The molecule has 6 nitrogen and oxygen atoms in total. The maximum Gasteiger partial charge on any atom is 0.333 e. The average molecular weight is 1270 g/mol. The van der Waals surface area contributed by atoms with Crippen molar-refractivity contribution >= 4 is 178 Å². The van der Waals surface area contributed by atoms with Crippen LogP contribution in [0, 0.1) is 0 Å². The molecule has 8 heteroatoms. The van der Waals surface area contributed by atoms with E-state index in [0.717, 1.165) is 22.7 Å². The van der Waals surface area contributed by atoms with Crippen LogP contribution in [0.4, 0.5) is 34.1 Å². The SMILES string of the molecule is c1ccc(-n2ccc3c4c5c(cc32)N(c2cccc3ccccc23)c2c(ccc3ccccc23)B5n2c3ccccc3c3cc(-c5ccc6ccc(N7c8cc9ccn(-c%10ccccc%10)c9c9c8B(c8c7ccc7ccccc87)n7c8ccccc8c8cccc-9c87)cc6c5)cc-4c32)cc1. The third-order valence-corrected chi connectivity index (χ3v) is 23.0. The molecule has 16 aromatic carbocycles. The Bertz CT molecular complexity index is 7070. The quantitative estimate of drug-likeness (QED) is 0.161. The molecule has 0 amide bonds. The molecule has 20 aromatic rings. The lowest BCUT2D eigenvalue weighted by molar-refractivity contribution is 1.13. The summed E-state index contributed by atoms with van der Waals surface area (Å²) >= 11 is 0. The molecule has 8 heterocycles. The van der Waals surface area contributed by atoms with Gasteiger partial charge in [0.1, 0.15) is 0 Å². The summed E-state index contributed by atoms with van der Waals surface area (Å²) in [5.41, 5.74) is 29.4. The fourth-order valence-corrected chi connectivity index (χ4v) is 19.0. The van der Waals surface area contributed by atoms with Gasteiger partial charge in [0.25, 0.3) is 0 Å². The Morgan fingerprint density at radius 3 is 1.65 bits per heavy atom. The standard InChI is InChI=1S/C92H54B2N6/c1-3-23-63(24-4-1)95-48-46-72-81(95)54-83-87-84(72)75-52-62(51-74-70-31-14-16-35-79(70)99(91(74)75)93(87)76-43-40-58-21-9-12-29-68(58)92(76)98(83)77-36-17-22-56-19-7-10-27-66(56)77)59-38-37-55-39-42-65(50-61(55)49-59)97-80-44-41-57-20-8-11-28-67(57)86(80)94-88-82(97)53-60-45-47-96(64-25-5-2-6-26-64)89(60)85(88)73-33-18-32-71-69-30-13-15-34-78(69)100(94)90(71)73/h1-54H. The lowest BCUT2D eigenvalue weighted by Crippen LogP contribution is -2.57. The van der Waals surface area contributed by atoms with Gasteiger partial charge in [-0.25, -0.2) is 0 Å². The van der Waals surface area contributed by atoms with E-state index >= 15 is 0 Å². The number of para-hydroxylation sites is 5. The Morgan fingerprint density at radius 2 is 0.840 bits per heavy atom. The van der Waals surface area contributed by atoms with E-state index in [2.05, 4.69) is 356 Å². The predicted octanol–water partition coefficient (Wildman–Crippen LogP) is 20.9. The molecule has 4 aliphatic rings. The van der Waals surface area contributed by atoms with Gasteiger partial charge in [0.05, 0.1) is 22.4 Å². The van der Waals surface area contributed by atoms with E-state index in [9.17, 15) is 0 Å². The number of benzene rings is 16. The van der Waals surface area contributed by atoms with Crippen LogP contribution in [0.3, 0.4) is 0 Å². The largest absolute Gasteiger partial charge is 0.375 e. The molecule has 0 fully saturated rings. The van der Waals surface area contributed by atoms with Crippen molar-refractivity contribution in [3.63, 3.8) is 0 Å². The number of fused-ring (bicyclic) bond motifs is 24. The third kappa shape index (κ3) is 6.84. The van der Waals surface area contributed by atoms with Crippen LogP contribution in [0.15, 0.2) is 328 Å². The van der Waals surface area contributed by atoms with Crippen LogP contribution in [0.2, 0.25) is 0 Å². The molecule has 0 N–H and O–H groups in total. The lowest BCUT2D eigenvalue weighted by atomic mass is 9.44. The summed E-state index contributed by atoms with van der Waals surface area (Å²) < 4.78 is 10.2. The van der Waals surface area contributed by atoms with Gasteiger partial charge in [-0.05, 0) is 174 Å². The van der Waals surface area contributed by atoms with Crippen molar-refractivity contribution in [2.24, 2.45) is 0 Å². The van der Waals surface area contributed by atoms with Crippen LogP contribution in [0.25, 0.3) is 153 Å². The molecule has 4 aliphatic heterocycles. The number of anilines is 6. The highest BCUT2D eigenvalue weighted by atomic mass is 15.2. The Kier molecular flexibility index (Phi) is 10.3. The summed E-state index contributed by atoms with van der Waals surface area (Å²) in [5, 5.41) is 17.2. The Morgan fingerprint density at radius 1 is 0.240 bits per heavy atom. The molecule has 0 saturated carbocycles. The van der Waals surface area contributed by atoms with E-state index in [-0.39, 0.29) is 13.7 Å². The monoisotopic (exact) mass is 1260 g/mol. The molecular weight excluding hydrogens is 1210 g/mol. The number of hydrogen-bond donors (Lipinski definition) is 0. The van der Waals surface area contributed by atoms with Crippen molar-refractivity contribution < 1.29 is 0 Å². The minimum Gasteiger partial charge on any atom is -0.375 e. The number of hydrogen-bond acceptors (Lipinski definition) is 2. The van der Waals surface area contributed by atoms with Gasteiger partial charge in [-0.3, -0.25) is 0 Å². The highest BCUT2D eigenvalue weighted by Crippen LogP contribution is 2.54. The minimum absolute atomic E-state index is 0.128. The molecule has 0 bridgehead atoms. The summed E-state index contributed by atoms with van der Waals surface area (Å²) in [6, 6.07) is 120. The van der Waals surface area contributed by atoms with Gasteiger partial charge < -0.3 is 27.9 Å². The van der Waals surface area contributed by atoms with Gasteiger partial charge in [0.2, 0.25) is 0 Å². The van der Waals surface area contributed by atoms with Crippen molar-refractivity contribution in [3.05, 3.63) is 328 Å². The molecule has 0 aliphatic carbocycles. The maximum atomic E-state index is 2.72. The molecule has 0 spiro atoms. The van der Waals surface area contributed by atoms with E-state index < -0.39 is 0 Å². The van der Waals surface area contributed by atoms with E-state index in [1.165, 1.54) is 186 Å². The summed E-state index contributed by atoms with van der Waals surface area (Å²) in [5.74, 6) is 0. The van der Waals surface area contributed by atoms with E-state index in [0.29, 0.717) is 0 Å². The van der Waals surface area contributed by atoms with E-state index in [4.69, 9.17) is 0 Å². The zero-order valence-electron chi connectivity index (χ0n) is 54.0. The van der Waals surface area contributed by atoms with Crippen LogP contribution in [0.1, 0.15) is 0 Å². The van der Waals surface area contributed by atoms with Crippen LogP contribution in [0.5, 0.6) is 0 Å². The smallest absolute Gasteiger partial charge is 0.333 e. The zero-order valence-corrected chi connectivity index (χ0v) is 54.0. The summed E-state index contributed by atoms with van der Waals surface area (Å²) in [6.07, 6.45) is 4.58. The number of rotatable bonds is 5. The first kappa shape index (κ1) is 53.2. The zero-order chi connectivity index (χ0) is 64.7. The van der Waals surface area contributed by atoms with E-state index in [1.807, 2.05) is 0 Å². The van der Waals surface area contributed by atoms with Crippen LogP contribution < -0.4 is 31.7 Å². The highest BCUT2D eigenvalue weighted by molar-refractivity contribution is 6.92. The number of aromatic nitrogens is 4. The van der Waals surface area contributed by atoms with Crippen molar-refractivity contribution in [1.29, 1.82) is 0 Å². The molecule has 458 valence electrons. The second-order valence-corrected chi connectivity index (χ2v) is 27.8. The van der Waals surface area contributed by atoms with Gasteiger partial charge in [0.15, 0.2) is 0 Å². The molecule has 0 saturated heterocycles. The Labute approximate surface area is 575 Å². The average Bonchev–Trinajstić information content (AvgIpc) is 1.37. The van der Waals surface area contributed by atoms with Crippen molar-refractivity contribution in [2.45, 2.75) is 0 Å². The summed E-state index contributed by atoms with van der Waals surface area (Å²) in [6.45, 7) is -0.265. The fraction of sp³-hybridized carbons (Fsp3) is 0. The van der Waals surface area contributed by atoms with Gasteiger partial charge in [-0.1, -0.05) is 212 Å².